The van der Waals surface area contributed by atoms with Crippen LogP contribution in [0.1, 0.15) is 155 Å². The van der Waals surface area contributed by atoms with Gasteiger partial charge in [-0.2, -0.15) is 0 Å². The Hall–Kier alpha value is -0.800. The molecule has 0 fully saturated rings. The van der Waals surface area contributed by atoms with Crippen molar-refractivity contribution in [3.05, 3.63) is 12.2 Å². The van der Waals surface area contributed by atoms with Crippen molar-refractivity contribution in [2.24, 2.45) is 5.73 Å². The summed E-state index contributed by atoms with van der Waals surface area (Å²) < 4.78 is 21.9. The van der Waals surface area contributed by atoms with Gasteiger partial charge in [0.05, 0.1) is 37.9 Å². The molecule has 0 saturated carbocycles. The number of rotatable bonds is 32. The summed E-state index contributed by atoms with van der Waals surface area (Å²) in [6.45, 7) is 3.96. The summed E-state index contributed by atoms with van der Waals surface area (Å²) in [6.07, 6.45) is 25.5. The molecule has 6 N–H and O–H groups in total. The first-order valence-electron chi connectivity index (χ1n) is 17.4. The number of amides is 1. The monoisotopic (exact) mass is 634 g/mol. The molecule has 4 atom stereocenters. The quantitative estimate of drug-likeness (QED) is 0.0290. The summed E-state index contributed by atoms with van der Waals surface area (Å²) >= 11 is 0. The van der Waals surface area contributed by atoms with Crippen molar-refractivity contribution in [1.29, 1.82) is 0 Å². The van der Waals surface area contributed by atoms with Gasteiger partial charge >= 0.3 is 7.82 Å². The Bertz CT molecular complexity index is 711. The third kappa shape index (κ3) is 28.4. The lowest BCUT2D eigenvalue weighted by Crippen LogP contribution is -2.47. The molecular formula is C33H67N2O7P. The number of carbonyl (C=O) groups is 1. The number of nitrogens with one attached hydrogen (secondary N) is 1. The third-order valence-electron chi connectivity index (χ3n) is 7.67. The number of allylic oxidation sites excluding steroid dienone is 2. The maximum atomic E-state index is 12.7. The number of aliphatic hydroxyl groups excluding tert-OH is 2. The summed E-state index contributed by atoms with van der Waals surface area (Å²) in [4.78, 5) is 22.5. The van der Waals surface area contributed by atoms with Gasteiger partial charge in [-0.3, -0.25) is 13.8 Å². The molecule has 0 aromatic carbocycles. The van der Waals surface area contributed by atoms with Crippen LogP contribution in [-0.2, 0) is 18.4 Å². The highest BCUT2D eigenvalue weighted by atomic mass is 31.2. The molecule has 0 saturated heterocycles. The van der Waals surface area contributed by atoms with Crippen LogP contribution < -0.4 is 11.1 Å². The number of hydrogen-bond acceptors (Lipinski definition) is 7. The van der Waals surface area contributed by atoms with Gasteiger partial charge in [0.15, 0.2) is 0 Å². The lowest BCUT2D eigenvalue weighted by Gasteiger charge is -2.25. The molecule has 256 valence electrons. The van der Waals surface area contributed by atoms with Gasteiger partial charge in [0.25, 0.3) is 0 Å². The van der Waals surface area contributed by atoms with E-state index in [9.17, 15) is 24.5 Å². The van der Waals surface area contributed by atoms with Gasteiger partial charge in [-0.05, 0) is 38.5 Å². The van der Waals surface area contributed by atoms with Crippen molar-refractivity contribution < 1.29 is 33.5 Å². The Balaban J connectivity index is 4.39. The molecule has 0 aliphatic heterocycles. The predicted octanol–water partition coefficient (Wildman–Crippen LogP) is 7.46. The van der Waals surface area contributed by atoms with E-state index in [-0.39, 0.29) is 26.2 Å². The van der Waals surface area contributed by atoms with E-state index >= 15 is 0 Å². The Labute approximate surface area is 263 Å². The van der Waals surface area contributed by atoms with Crippen molar-refractivity contribution in [1.82, 2.24) is 5.32 Å². The van der Waals surface area contributed by atoms with Gasteiger partial charge in [-0.1, -0.05) is 122 Å². The Morgan fingerprint density at radius 3 is 1.81 bits per heavy atom. The second-order valence-corrected chi connectivity index (χ2v) is 13.4. The van der Waals surface area contributed by atoms with E-state index in [0.717, 1.165) is 44.9 Å². The first kappa shape index (κ1) is 42.2. The molecule has 43 heavy (non-hydrogen) atoms. The van der Waals surface area contributed by atoms with Crippen LogP contribution in [-0.4, -0.2) is 59.0 Å². The lowest BCUT2D eigenvalue weighted by atomic mass is 10.0. The number of unbranched alkanes of at least 4 members (excludes halogenated alkanes) is 16. The zero-order valence-corrected chi connectivity index (χ0v) is 28.5. The molecule has 0 heterocycles. The van der Waals surface area contributed by atoms with Gasteiger partial charge in [-0.25, -0.2) is 4.57 Å². The number of nitrogens with two attached hydrogens (primary N) is 1. The Kier molecular flexibility index (Phi) is 29.3. The molecule has 0 rings (SSSR count). The molecule has 9 nitrogen and oxygen atoms in total. The van der Waals surface area contributed by atoms with E-state index in [2.05, 4.69) is 31.3 Å². The zero-order chi connectivity index (χ0) is 32.0. The second-order valence-electron chi connectivity index (χ2n) is 11.9. The van der Waals surface area contributed by atoms with Crippen molar-refractivity contribution in [3.8, 4) is 0 Å². The van der Waals surface area contributed by atoms with Crippen LogP contribution in [0.3, 0.4) is 0 Å². The highest BCUT2D eigenvalue weighted by Gasteiger charge is 2.28. The normalized spacial score (nSPS) is 15.4. The molecule has 4 unspecified atom stereocenters. The average molecular weight is 635 g/mol. The Morgan fingerprint density at radius 2 is 1.26 bits per heavy atom. The summed E-state index contributed by atoms with van der Waals surface area (Å²) in [5, 5.41) is 23.9. The molecule has 0 aliphatic carbocycles. The zero-order valence-electron chi connectivity index (χ0n) is 27.6. The number of hydrogen-bond donors (Lipinski definition) is 5. The third-order valence-corrected chi connectivity index (χ3v) is 8.66. The standard InChI is InChI=1S/C33H67N2O7P/c1-3-5-7-9-11-13-14-15-16-17-18-20-22-24-30(36)28-33(38)35-31(29-42-43(39,40)41-27-26-34)32(37)25-23-21-19-12-10-8-6-4-2/h13-14,30-32,36-37H,3-12,15-29,34H2,1-2H3,(H,35,38)(H,39,40)/b14-13-. The minimum Gasteiger partial charge on any atom is -0.393 e. The smallest absolute Gasteiger partial charge is 0.393 e. The van der Waals surface area contributed by atoms with E-state index in [4.69, 9.17) is 14.8 Å². The predicted molar refractivity (Wildman–Crippen MR) is 177 cm³/mol. The van der Waals surface area contributed by atoms with Crippen LogP contribution in [0.25, 0.3) is 0 Å². The largest absolute Gasteiger partial charge is 0.472 e. The van der Waals surface area contributed by atoms with E-state index < -0.39 is 32.0 Å². The van der Waals surface area contributed by atoms with Crippen LogP contribution in [0, 0.1) is 0 Å². The summed E-state index contributed by atoms with van der Waals surface area (Å²) in [7, 11) is -4.36. The minimum atomic E-state index is -4.36. The van der Waals surface area contributed by atoms with Crippen molar-refractivity contribution in [2.75, 3.05) is 19.8 Å². The fraction of sp³-hybridized carbons (Fsp3) is 0.909. The first-order valence-corrected chi connectivity index (χ1v) is 18.9. The number of carbonyl (C=O) groups excluding carboxylic acids is 1. The Morgan fingerprint density at radius 1 is 0.767 bits per heavy atom. The van der Waals surface area contributed by atoms with Crippen LogP contribution >= 0.6 is 7.82 Å². The highest BCUT2D eigenvalue weighted by Crippen LogP contribution is 2.43. The van der Waals surface area contributed by atoms with Crippen molar-refractivity contribution in [2.45, 2.75) is 173 Å². The molecule has 0 spiro atoms. The topological polar surface area (TPSA) is 151 Å². The van der Waals surface area contributed by atoms with Crippen molar-refractivity contribution >= 4 is 13.7 Å². The summed E-state index contributed by atoms with van der Waals surface area (Å²) in [5.41, 5.74) is 5.33. The van der Waals surface area contributed by atoms with Crippen LogP contribution in [0.4, 0.5) is 0 Å². The summed E-state index contributed by atoms with van der Waals surface area (Å²) in [6, 6.07) is -0.892. The fourth-order valence-electron chi connectivity index (χ4n) is 5.00. The number of phosphoric acid groups is 1. The van der Waals surface area contributed by atoms with E-state index in [1.807, 2.05) is 0 Å². The second kappa shape index (κ2) is 29.9. The molecule has 10 heteroatoms. The fourth-order valence-corrected chi connectivity index (χ4v) is 5.76. The summed E-state index contributed by atoms with van der Waals surface area (Å²) in [5.74, 6) is -0.423. The van der Waals surface area contributed by atoms with Gasteiger partial charge < -0.3 is 26.2 Å². The number of aliphatic hydroxyl groups is 2. The van der Waals surface area contributed by atoms with Gasteiger partial charge in [0.2, 0.25) is 5.91 Å². The minimum absolute atomic E-state index is 0.0592. The van der Waals surface area contributed by atoms with Crippen molar-refractivity contribution in [3.63, 3.8) is 0 Å². The molecule has 0 aromatic rings. The first-order chi connectivity index (χ1) is 20.8. The van der Waals surface area contributed by atoms with Gasteiger partial charge in [0.1, 0.15) is 0 Å². The van der Waals surface area contributed by atoms with E-state index in [0.29, 0.717) is 12.8 Å². The maximum Gasteiger partial charge on any atom is 0.472 e. The molecule has 0 bridgehead atoms. The number of phosphoric ester groups is 1. The van der Waals surface area contributed by atoms with Crippen LogP contribution in [0.15, 0.2) is 12.2 Å². The molecule has 1 amide bonds. The van der Waals surface area contributed by atoms with Crippen LogP contribution in [0.2, 0.25) is 0 Å². The van der Waals surface area contributed by atoms with E-state index in [1.165, 1.54) is 77.0 Å². The molecule has 0 aromatic heterocycles. The molecule has 0 aliphatic rings. The SMILES string of the molecule is CCCCCC/C=C\CCCCCCCC(O)CC(=O)NC(COP(=O)(O)OCCN)C(O)CCCCCCCCCC. The van der Waals surface area contributed by atoms with Crippen LogP contribution in [0.5, 0.6) is 0 Å². The van der Waals surface area contributed by atoms with Gasteiger partial charge in [0, 0.05) is 6.54 Å². The molecule has 0 radical (unpaired) electrons. The average Bonchev–Trinajstić information content (AvgIpc) is 2.97. The molecular weight excluding hydrogens is 567 g/mol. The lowest BCUT2D eigenvalue weighted by molar-refractivity contribution is -0.125. The van der Waals surface area contributed by atoms with Gasteiger partial charge in [-0.15, -0.1) is 0 Å². The van der Waals surface area contributed by atoms with E-state index in [1.54, 1.807) is 0 Å². The highest BCUT2D eigenvalue weighted by molar-refractivity contribution is 7.47. The maximum absolute atomic E-state index is 12.7.